The van der Waals surface area contributed by atoms with Crippen molar-refractivity contribution in [2.75, 3.05) is 20.3 Å². The number of nitrogens with one attached hydrogen (secondary N) is 2. The summed E-state index contributed by atoms with van der Waals surface area (Å²) in [4.78, 5) is 12.4. The molecule has 0 aliphatic heterocycles. The minimum absolute atomic E-state index is 0.0123. The number of ether oxygens (including phenoxy) is 1. The van der Waals surface area contributed by atoms with Gasteiger partial charge in [-0.05, 0) is 34.1 Å². The summed E-state index contributed by atoms with van der Waals surface area (Å²) in [6.07, 6.45) is 3.44. The number of aromatic nitrogens is 2. The largest absolute Gasteiger partial charge is 0.383 e. The van der Waals surface area contributed by atoms with Crippen LogP contribution in [0.5, 0.6) is 0 Å². The van der Waals surface area contributed by atoms with Gasteiger partial charge in [-0.1, -0.05) is 0 Å². The van der Waals surface area contributed by atoms with E-state index in [4.69, 9.17) is 4.74 Å². The molecule has 136 valence electrons. The molecule has 10 heteroatoms. The predicted octanol–water partition coefficient (Wildman–Crippen LogP) is 1.04. The lowest BCUT2D eigenvalue weighted by Crippen LogP contribution is -2.28. The van der Waals surface area contributed by atoms with Crippen molar-refractivity contribution >= 4 is 31.9 Å². The molecule has 25 heavy (non-hydrogen) atoms. The fraction of sp³-hybridized carbons (Fsp3) is 0.333. The van der Waals surface area contributed by atoms with Crippen molar-refractivity contribution < 1.29 is 17.9 Å². The molecule has 1 amide bonds. The second kappa shape index (κ2) is 8.56. The lowest BCUT2D eigenvalue weighted by Gasteiger charge is -2.10. The molecule has 0 unspecified atom stereocenters. The van der Waals surface area contributed by atoms with Crippen LogP contribution in [0.1, 0.15) is 15.9 Å². The quantitative estimate of drug-likeness (QED) is 0.609. The molecule has 0 bridgehead atoms. The number of sulfonamides is 1. The topological polar surface area (TPSA) is 102 Å². The van der Waals surface area contributed by atoms with Crippen molar-refractivity contribution in [1.82, 2.24) is 19.8 Å². The number of rotatable bonds is 8. The Morgan fingerprint density at radius 1 is 1.40 bits per heavy atom. The van der Waals surface area contributed by atoms with Crippen molar-refractivity contribution in [1.29, 1.82) is 0 Å². The molecule has 1 heterocycles. The van der Waals surface area contributed by atoms with E-state index >= 15 is 0 Å². The Labute approximate surface area is 154 Å². The molecule has 0 spiro atoms. The van der Waals surface area contributed by atoms with Gasteiger partial charge in [0, 0.05) is 43.5 Å². The van der Waals surface area contributed by atoms with Crippen LogP contribution in [0, 0.1) is 0 Å². The van der Waals surface area contributed by atoms with E-state index in [-0.39, 0.29) is 29.5 Å². The lowest BCUT2D eigenvalue weighted by molar-refractivity contribution is 0.0950. The maximum atomic E-state index is 12.4. The number of hydrogen-bond acceptors (Lipinski definition) is 5. The Morgan fingerprint density at radius 3 is 2.80 bits per heavy atom. The minimum Gasteiger partial charge on any atom is -0.383 e. The predicted molar refractivity (Wildman–Crippen MR) is 95.6 cm³/mol. The van der Waals surface area contributed by atoms with E-state index < -0.39 is 10.0 Å². The summed E-state index contributed by atoms with van der Waals surface area (Å²) in [7, 11) is -0.444. The highest BCUT2D eigenvalue weighted by Crippen LogP contribution is 2.21. The van der Waals surface area contributed by atoms with Crippen LogP contribution in [-0.4, -0.2) is 44.4 Å². The first-order valence-corrected chi connectivity index (χ1v) is 9.65. The highest BCUT2D eigenvalue weighted by atomic mass is 79.9. The van der Waals surface area contributed by atoms with Gasteiger partial charge < -0.3 is 10.1 Å². The molecular weight excluding hydrogens is 412 g/mol. The number of nitrogens with zero attached hydrogens (tertiary/aromatic N) is 2. The zero-order valence-electron chi connectivity index (χ0n) is 13.8. The van der Waals surface area contributed by atoms with Gasteiger partial charge >= 0.3 is 0 Å². The van der Waals surface area contributed by atoms with E-state index in [0.717, 1.165) is 5.56 Å². The number of amides is 1. The second-order valence-corrected chi connectivity index (χ2v) is 7.86. The normalized spacial score (nSPS) is 11.5. The number of halogens is 1. The standard InChI is InChI=1S/C15H19BrN4O4S/c1-20-10-11(9-18-20)8-17-15(21)13-7-12(3-4-14(13)16)25(22,23)19-5-6-24-2/h3-4,7,9-10,19H,5-6,8H2,1-2H3,(H,17,21). The molecule has 0 aliphatic rings. The first kappa shape index (κ1) is 19.6. The fourth-order valence-electron chi connectivity index (χ4n) is 2.05. The summed E-state index contributed by atoms with van der Waals surface area (Å²) in [6.45, 7) is 0.702. The van der Waals surface area contributed by atoms with E-state index in [1.54, 1.807) is 24.1 Å². The third-order valence-electron chi connectivity index (χ3n) is 3.30. The number of benzene rings is 1. The molecule has 0 saturated carbocycles. The van der Waals surface area contributed by atoms with Gasteiger partial charge in [-0.2, -0.15) is 5.10 Å². The number of carbonyl (C=O) groups is 1. The summed E-state index contributed by atoms with van der Waals surface area (Å²) >= 11 is 3.28. The van der Waals surface area contributed by atoms with Crippen LogP contribution >= 0.6 is 15.9 Å². The third kappa shape index (κ3) is 5.36. The smallest absolute Gasteiger partial charge is 0.252 e. The Morgan fingerprint density at radius 2 is 2.16 bits per heavy atom. The summed E-state index contributed by atoms with van der Waals surface area (Å²) in [5.74, 6) is -0.385. The van der Waals surface area contributed by atoms with E-state index in [1.165, 1.54) is 25.3 Å². The van der Waals surface area contributed by atoms with Gasteiger partial charge in [-0.15, -0.1) is 0 Å². The van der Waals surface area contributed by atoms with Crippen molar-refractivity contribution in [2.24, 2.45) is 7.05 Å². The van der Waals surface area contributed by atoms with Crippen LogP contribution in [0.3, 0.4) is 0 Å². The zero-order chi connectivity index (χ0) is 18.4. The lowest BCUT2D eigenvalue weighted by atomic mass is 10.2. The van der Waals surface area contributed by atoms with Crippen molar-refractivity contribution in [3.05, 3.63) is 46.2 Å². The number of aryl methyl sites for hydroxylation is 1. The van der Waals surface area contributed by atoms with Crippen LogP contribution < -0.4 is 10.0 Å². The Kier molecular flexibility index (Phi) is 6.71. The number of hydrogen-bond donors (Lipinski definition) is 2. The molecule has 1 aromatic heterocycles. The molecule has 2 N–H and O–H groups in total. The van der Waals surface area contributed by atoms with Crippen molar-refractivity contribution in [3.8, 4) is 0 Å². The van der Waals surface area contributed by atoms with E-state index in [2.05, 4.69) is 31.1 Å². The van der Waals surface area contributed by atoms with Crippen LogP contribution in [-0.2, 0) is 28.4 Å². The van der Waals surface area contributed by atoms with Gasteiger partial charge in [-0.25, -0.2) is 13.1 Å². The maximum absolute atomic E-state index is 12.4. The molecule has 8 nitrogen and oxygen atoms in total. The average Bonchev–Trinajstić information content (AvgIpc) is 2.98. The van der Waals surface area contributed by atoms with Crippen LogP contribution in [0.4, 0.5) is 0 Å². The molecule has 2 aromatic rings. The van der Waals surface area contributed by atoms with Crippen molar-refractivity contribution in [3.63, 3.8) is 0 Å². The van der Waals surface area contributed by atoms with E-state index in [9.17, 15) is 13.2 Å². The van der Waals surface area contributed by atoms with Crippen LogP contribution in [0.25, 0.3) is 0 Å². The van der Waals surface area contributed by atoms with Gasteiger partial charge in [0.25, 0.3) is 5.91 Å². The Balaban J connectivity index is 2.13. The third-order valence-corrected chi connectivity index (χ3v) is 5.45. The SMILES string of the molecule is COCCNS(=O)(=O)c1ccc(Br)c(C(=O)NCc2cnn(C)c2)c1. The Bertz CT molecular complexity index is 851. The highest BCUT2D eigenvalue weighted by Gasteiger charge is 2.18. The van der Waals surface area contributed by atoms with Gasteiger partial charge in [-0.3, -0.25) is 9.48 Å². The molecule has 0 atom stereocenters. The average molecular weight is 431 g/mol. The second-order valence-electron chi connectivity index (χ2n) is 5.24. The maximum Gasteiger partial charge on any atom is 0.252 e. The van der Waals surface area contributed by atoms with E-state index in [1.807, 2.05) is 0 Å². The highest BCUT2D eigenvalue weighted by molar-refractivity contribution is 9.10. The van der Waals surface area contributed by atoms with Gasteiger partial charge in [0.15, 0.2) is 0 Å². The Hall–Kier alpha value is -1.75. The van der Waals surface area contributed by atoms with Crippen LogP contribution in [0.15, 0.2) is 40.0 Å². The molecule has 0 radical (unpaired) electrons. The minimum atomic E-state index is -3.71. The first-order valence-electron chi connectivity index (χ1n) is 7.37. The number of carbonyl (C=O) groups excluding carboxylic acids is 1. The summed E-state index contributed by atoms with van der Waals surface area (Å²) in [6, 6.07) is 4.29. The summed E-state index contributed by atoms with van der Waals surface area (Å²) in [5.41, 5.74) is 1.08. The molecule has 0 saturated heterocycles. The molecule has 0 fully saturated rings. The molecular formula is C15H19BrN4O4S. The first-order chi connectivity index (χ1) is 11.8. The monoisotopic (exact) mass is 430 g/mol. The summed E-state index contributed by atoms with van der Waals surface area (Å²) in [5, 5.41) is 6.77. The summed E-state index contributed by atoms with van der Waals surface area (Å²) < 4.78 is 33.9. The molecule has 1 aromatic carbocycles. The van der Waals surface area contributed by atoms with Gasteiger partial charge in [0.05, 0.1) is 23.3 Å². The number of methoxy groups -OCH3 is 1. The van der Waals surface area contributed by atoms with Gasteiger partial charge in [0.2, 0.25) is 10.0 Å². The molecule has 2 rings (SSSR count). The molecule has 0 aliphatic carbocycles. The van der Waals surface area contributed by atoms with Gasteiger partial charge in [0.1, 0.15) is 0 Å². The zero-order valence-corrected chi connectivity index (χ0v) is 16.2. The fourth-order valence-corrected chi connectivity index (χ4v) is 3.51. The van der Waals surface area contributed by atoms with Crippen LogP contribution in [0.2, 0.25) is 0 Å². The van der Waals surface area contributed by atoms with Crippen molar-refractivity contribution in [2.45, 2.75) is 11.4 Å². The van der Waals surface area contributed by atoms with E-state index in [0.29, 0.717) is 11.0 Å².